The molecule has 1 aromatic carbocycles. The van der Waals surface area contributed by atoms with Gasteiger partial charge in [0.05, 0.1) is 19.3 Å². The van der Waals surface area contributed by atoms with Gasteiger partial charge in [0, 0.05) is 31.5 Å². The van der Waals surface area contributed by atoms with E-state index in [1.54, 1.807) is 0 Å². The molecule has 13 heteroatoms. The molecule has 3 aliphatic heterocycles. The fourth-order valence-electron chi connectivity index (χ4n) is 5.05. The van der Waals surface area contributed by atoms with Crippen molar-refractivity contribution in [1.82, 2.24) is 10.2 Å². The minimum Gasteiger partial charge on any atom is -0.481 e. The number of amidine groups is 1. The van der Waals surface area contributed by atoms with Crippen LogP contribution in [-0.4, -0.2) is 91.7 Å². The van der Waals surface area contributed by atoms with Crippen LogP contribution in [0.5, 0.6) is 0 Å². The van der Waals surface area contributed by atoms with Crippen LogP contribution in [0.4, 0.5) is 5.69 Å². The molecular formula is C29H36N4O9. The van der Waals surface area contributed by atoms with E-state index in [-0.39, 0.29) is 18.2 Å². The van der Waals surface area contributed by atoms with Gasteiger partial charge in [-0.1, -0.05) is 18.2 Å². The maximum absolute atomic E-state index is 13.0. The third-order valence-electron chi connectivity index (χ3n) is 7.23. The van der Waals surface area contributed by atoms with Crippen molar-refractivity contribution >= 4 is 41.2 Å². The molecular weight excluding hydrogens is 548 g/mol. The number of hydrogen-bond acceptors (Lipinski definition) is 8. The van der Waals surface area contributed by atoms with Crippen LogP contribution in [0, 0.1) is 0 Å². The van der Waals surface area contributed by atoms with Gasteiger partial charge >= 0.3 is 17.9 Å². The van der Waals surface area contributed by atoms with E-state index in [2.05, 4.69) is 39.5 Å². The van der Waals surface area contributed by atoms with Crippen LogP contribution in [0.1, 0.15) is 51.5 Å². The highest BCUT2D eigenvalue weighted by Crippen LogP contribution is 2.30. The van der Waals surface area contributed by atoms with E-state index in [1.165, 1.54) is 17.7 Å². The number of nitrogens with zero attached hydrogens (tertiary/aromatic N) is 3. The molecule has 3 heterocycles. The number of amides is 2. The Labute approximate surface area is 242 Å². The van der Waals surface area contributed by atoms with E-state index in [1.807, 2.05) is 37.1 Å². The van der Waals surface area contributed by atoms with Crippen LogP contribution in [0.15, 0.2) is 53.2 Å². The Hall–Kier alpha value is -4.52. The Balaban J connectivity index is 0.000000316. The Bertz CT molecular complexity index is 1320. The molecule has 0 aliphatic carbocycles. The summed E-state index contributed by atoms with van der Waals surface area (Å²) >= 11 is 0. The average Bonchev–Trinajstić information content (AvgIpc) is 2.90. The van der Waals surface area contributed by atoms with Crippen LogP contribution in [0.2, 0.25) is 0 Å². The van der Waals surface area contributed by atoms with Crippen LogP contribution >= 0.6 is 0 Å². The smallest absolute Gasteiger partial charge is 0.336 e. The molecule has 1 unspecified atom stereocenters. The topological polar surface area (TPSA) is 197 Å². The molecule has 3 aliphatic rings. The van der Waals surface area contributed by atoms with Gasteiger partial charge in [0.2, 0.25) is 5.91 Å². The molecule has 13 nitrogen and oxygen atoms in total. The van der Waals surface area contributed by atoms with Crippen LogP contribution in [-0.2, 0) is 30.4 Å². The maximum Gasteiger partial charge on any atom is 0.336 e. The maximum atomic E-state index is 13.0. The van der Waals surface area contributed by atoms with Crippen molar-refractivity contribution in [2.24, 2.45) is 4.99 Å². The van der Waals surface area contributed by atoms with Crippen molar-refractivity contribution < 1.29 is 44.4 Å². The first-order valence-electron chi connectivity index (χ1n) is 13.5. The minimum absolute atomic E-state index is 0.0824. The van der Waals surface area contributed by atoms with Crippen molar-refractivity contribution in [3.63, 3.8) is 0 Å². The number of aliphatic imine (C=N–C) groups is 1. The highest BCUT2D eigenvalue weighted by molar-refractivity contribution is 6.09. The summed E-state index contributed by atoms with van der Waals surface area (Å²) in [5.74, 6) is -4.86. The molecule has 0 saturated carbocycles. The summed E-state index contributed by atoms with van der Waals surface area (Å²) in [6.07, 6.45) is 6.59. The fraction of sp³-hybridized carbons (Fsp3) is 0.448. The third kappa shape index (κ3) is 7.81. The molecule has 0 saturated heterocycles. The summed E-state index contributed by atoms with van der Waals surface area (Å²) in [5.41, 5.74) is 0.0516. The molecule has 0 radical (unpaired) electrons. The Kier molecular flexibility index (Phi) is 10.2. The SMILES string of the molecule is CC1=CC2=NC(=O)CC(C)(C(=O)NCCCN3CCCc4ccccc43)N2C=C1.O=C(O)CC(O)(CC(=O)O)C(=O)O. The molecule has 1 atom stereocenters. The second-order valence-electron chi connectivity index (χ2n) is 10.7. The van der Waals surface area contributed by atoms with Crippen LogP contribution in [0.25, 0.3) is 0 Å². The number of allylic oxidation sites excluding steroid dienone is 2. The molecule has 0 bridgehead atoms. The van der Waals surface area contributed by atoms with Crippen LogP contribution < -0.4 is 10.2 Å². The molecule has 5 N–H and O–H groups in total. The van der Waals surface area contributed by atoms with E-state index in [0.29, 0.717) is 12.4 Å². The van der Waals surface area contributed by atoms with Gasteiger partial charge < -0.3 is 35.5 Å². The van der Waals surface area contributed by atoms with Gasteiger partial charge in [0.25, 0.3) is 5.91 Å². The number of aryl methyl sites for hydroxylation is 1. The van der Waals surface area contributed by atoms with Gasteiger partial charge in [-0.3, -0.25) is 19.2 Å². The minimum atomic E-state index is -2.74. The monoisotopic (exact) mass is 584 g/mol. The molecule has 226 valence electrons. The van der Waals surface area contributed by atoms with Crippen molar-refractivity contribution in [2.75, 3.05) is 24.5 Å². The number of carbonyl (C=O) groups excluding carboxylic acids is 2. The summed E-state index contributed by atoms with van der Waals surface area (Å²) in [7, 11) is 0. The van der Waals surface area contributed by atoms with Crippen molar-refractivity contribution in [1.29, 1.82) is 0 Å². The predicted octanol–water partition coefficient (Wildman–Crippen LogP) is 1.56. The number of carbonyl (C=O) groups is 5. The van der Waals surface area contributed by atoms with Crippen molar-refractivity contribution in [3.05, 3.63) is 53.8 Å². The van der Waals surface area contributed by atoms with E-state index in [0.717, 1.165) is 31.5 Å². The number of anilines is 1. The second-order valence-corrected chi connectivity index (χ2v) is 10.7. The summed E-state index contributed by atoms with van der Waals surface area (Å²) in [5, 5.41) is 36.9. The number of carboxylic acid groups (broad SMARTS) is 3. The number of hydrogen-bond donors (Lipinski definition) is 5. The lowest BCUT2D eigenvalue weighted by molar-refractivity contribution is -0.170. The number of rotatable bonds is 10. The van der Waals surface area contributed by atoms with E-state index in [4.69, 9.17) is 20.4 Å². The van der Waals surface area contributed by atoms with Gasteiger partial charge in [0.1, 0.15) is 11.4 Å². The lowest BCUT2D eigenvalue weighted by atomic mass is 9.90. The number of benzene rings is 1. The number of para-hydroxylation sites is 1. The largest absolute Gasteiger partial charge is 0.481 e. The quantitative estimate of drug-likeness (QED) is 0.250. The zero-order valence-electron chi connectivity index (χ0n) is 23.6. The number of fused-ring (bicyclic) bond motifs is 2. The third-order valence-corrected chi connectivity index (χ3v) is 7.23. The lowest BCUT2D eigenvalue weighted by Crippen LogP contribution is -2.60. The standard InChI is InChI=1S/C23H28N4O2.C6H8O7/c1-17-10-14-27-20(15-17)25-21(28)16-23(27,2)22(29)24-11-6-13-26-12-5-8-18-7-3-4-9-19(18)26;7-3(8)1-6(13,5(11)12)2-4(9)10/h3-4,7,9-10,14-15H,5-6,8,11-13,16H2,1-2H3,(H,24,29);13H,1-2H2,(H,7,8)(H,9,10)(H,11,12). The van der Waals surface area contributed by atoms with Crippen molar-refractivity contribution in [3.8, 4) is 0 Å². The molecule has 0 aromatic heterocycles. The highest BCUT2D eigenvalue weighted by atomic mass is 16.4. The molecule has 0 spiro atoms. The Morgan fingerprint density at radius 2 is 1.76 bits per heavy atom. The first-order valence-corrected chi connectivity index (χ1v) is 13.5. The first-order chi connectivity index (χ1) is 19.7. The summed E-state index contributed by atoms with van der Waals surface area (Å²) in [6.45, 7) is 6.31. The Morgan fingerprint density at radius 3 is 2.40 bits per heavy atom. The van der Waals surface area contributed by atoms with Gasteiger partial charge in [-0.15, -0.1) is 0 Å². The van der Waals surface area contributed by atoms with Gasteiger partial charge in [0.15, 0.2) is 5.60 Å². The van der Waals surface area contributed by atoms with Gasteiger partial charge in [-0.2, -0.15) is 4.99 Å². The van der Waals surface area contributed by atoms with Gasteiger partial charge in [-0.05, 0) is 62.5 Å². The number of nitrogens with one attached hydrogen (secondary N) is 1. The number of aliphatic carboxylic acids is 3. The number of carboxylic acids is 3. The second kappa shape index (κ2) is 13.4. The number of aliphatic hydroxyl groups is 1. The summed E-state index contributed by atoms with van der Waals surface area (Å²) in [4.78, 5) is 64.0. The average molecular weight is 585 g/mol. The molecule has 1 aromatic rings. The summed E-state index contributed by atoms with van der Waals surface area (Å²) in [6, 6.07) is 8.56. The molecule has 2 amide bonds. The fourth-order valence-corrected chi connectivity index (χ4v) is 5.05. The highest BCUT2D eigenvalue weighted by Gasteiger charge is 2.45. The van der Waals surface area contributed by atoms with Crippen molar-refractivity contribution in [2.45, 2.75) is 63.5 Å². The Morgan fingerprint density at radius 1 is 1.10 bits per heavy atom. The van der Waals surface area contributed by atoms with E-state index < -0.39 is 41.9 Å². The van der Waals surface area contributed by atoms with Crippen LogP contribution in [0.3, 0.4) is 0 Å². The zero-order valence-corrected chi connectivity index (χ0v) is 23.6. The summed E-state index contributed by atoms with van der Waals surface area (Å²) < 4.78 is 0. The molecule has 4 rings (SSSR count). The molecule has 42 heavy (non-hydrogen) atoms. The van der Waals surface area contributed by atoms with E-state index in [9.17, 15) is 24.0 Å². The molecule has 0 fully saturated rings. The van der Waals surface area contributed by atoms with E-state index >= 15 is 0 Å². The normalized spacial score (nSPS) is 19.4. The zero-order chi connectivity index (χ0) is 31.1. The predicted molar refractivity (Wildman–Crippen MR) is 152 cm³/mol. The first kappa shape index (κ1) is 32.0. The van der Waals surface area contributed by atoms with Gasteiger partial charge in [-0.25, -0.2) is 4.79 Å². The lowest BCUT2D eigenvalue weighted by Gasteiger charge is -2.42.